The first-order valence-electron chi connectivity index (χ1n) is 24.3. The fourth-order valence-electron chi connectivity index (χ4n) is 13.8. The number of hydrogen-bond acceptors (Lipinski definition) is 3. The highest BCUT2D eigenvalue weighted by Gasteiger charge is 2.50. The van der Waals surface area contributed by atoms with Crippen molar-refractivity contribution in [3.8, 4) is 0 Å². The van der Waals surface area contributed by atoms with Gasteiger partial charge in [0.2, 0.25) is 0 Å². The van der Waals surface area contributed by atoms with Crippen molar-refractivity contribution in [3.05, 3.63) is 136 Å². The van der Waals surface area contributed by atoms with Crippen molar-refractivity contribution in [1.82, 2.24) is 0 Å². The van der Waals surface area contributed by atoms with Crippen LogP contribution in [0.15, 0.2) is 101 Å². The SMILES string of the molecule is Cc1cc2c3c(c1)N(c1cccc4oc5ccccc5c14)c1cc4c(cc1B3c1cc3c(cc1N2c1ccc2c(c1)C(C)(C)CCC2(C)C)C(C)(C)CC3(C)C)C(C)(C)CCC4(C)C. The molecule has 5 aliphatic rings. The molecule has 0 bridgehead atoms. The van der Waals surface area contributed by atoms with Gasteiger partial charge in [-0.05, 0) is 181 Å². The normalized spacial score (nSPS) is 20.9. The van der Waals surface area contributed by atoms with Crippen molar-refractivity contribution in [1.29, 1.82) is 0 Å². The molecule has 0 radical (unpaired) electrons. The maximum absolute atomic E-state index is 6.65. The van der Waals surface area contributed by atoms with Crippen LogP contribution in [0.5, 0.6) is 0 Å². The van der Waals surface area contributed by atoms with Crippen molar-refractivity contribution >= 4 is 79.2 Å². The summed E-state index contributed by atoms with van der Waals surface area (Å²) in [6, 6.07) is 38.5. The van der Waals surface area contributed by atoms with Gasteiger partial charge in [-0.25, -0.2) is 0 Å². The van der Waals surface area contributed by atoms with Gasteiger partial charge >= 0.3 is 0 Å². The smallest absolute Gasteiger partial charge is 0.252 e. The van der Waals surface area contributed by atoms with Crippen LogP contribution >= 0.6 is 0 Å². The second kappa shape index (κ2) is 12.6. The van der Waals surface area contributed by atoms with Crippen molar-refractivity contribution in [2.24, 2.45) is 0 Å². The molecule has 7 aromatic rings. The molecule has 4 heteroatoms. The molecule has 0 N–H and O–H groups in total. The van der Waals surface area contributed by atoms with E-state index in [0.717, 1.165) is 23.0 Å². The lowest BCUT2D eigenvalue weighted by Gasteiger charge is -2.48. The largest absolute Gasteiger partial charge is 0.456 e. The third-order valence-corrected chi connectivity index (χ3v) is 17.4. The van der Waals surface area contributed by atoms with Crippen LogP contribution in [0.3, 0.4) is 0 Å². The third-order valence-electron chi connectivity index (χ3n) is 17.4. The molecule has 1 aromatic heterocycles. The lowest BCUT2D eigenvalue weighted by Crippen LogP contribution is -2.62. The Hall–Kier alpha value is -5.22. The van der Waals surface area contributed by atoms with Gasteiger partial charge in [-0.15, -0.1) is 0 Å². The first-order valence-corrected chi connectivity index (χ1v) is 24.3. The summed E-state index contributed by atoms with van der Waals surface area (Å²) in [5.74, 6) is 0. The number of anilines is 6. The second-order valence-corrected chi connectivity index (χ2v) is 24.7. The Morgan fingerprint density at radius 2 is 0.938 bits per heavy atom. The second-order valence-electron chi connectivity index (χ2n) is 24.7. The summed E-state index contributed by atoms with van der Waals surface area (Å²) in [7, 11) is 0. The number of para-hydroxylation sites is 1. The topological polar surface area (TPSA) is 19.6 Å². The monoisotopic (exact) mass is 841 g/mol. The molecular weight excluding hydrogens is 775 g/mol. The van der Waals surface area contributed by atoms with E-state index in [1.807, 2.05) is 0 Å². The molecular formula is C60H65BN2O. The summed E-state index contributed by atoms with van der Waals surface area (Å²) in [4.78, 5) is 5.35. The Bertz CT molecular complexity index is 3190. The Labute approximate surface area is 382 Å². The number of furan rings is 1. The lowest BCUT2D eigenvalue weighted by atomic mass is 9.33. The van der Waals surface area contributed by atoms with E-state index in [2.05, 4.69) is 197 Å². The van der Waals surface area contributed by atoms with Crippen molar-refractivity contribution < 1.29 is 4.42 Å². The lowest BCUT2D eigenvalue weighted by molar-refractivity contribution is 0.332. The highest BCUT2D eigenvalue weighted by Crippen LogP contribution is 2.56. The third kappa shape index (κ3) is 5.41. The van der Waals surface area contributed by atoms with E-state index in [1.54, 1.807) is 0 Å². The summed E-state index contributed by atoms with van der Waals surface area (Å²) in [6.07, 6.45) is 5.86. The van der Waals surface area contributed by atoms with E-state index >= 15 is 0 Å². The number of benzene rings is 6. The zero-order valence-corrected chi connectivity index (χ0v) is 40.7. The molecule has 324 valence electrons. The molecule has 64 heavy (non-hydrogen) atoms. The minimum absolute atomic E-state index is 0.0461. The molecule has 12 rings (SSSR count). The number of nitrogens with zero attached hydrogens (tertiary/aromatic N) is 2. The van der Waals surface area contributed by atoms with Gasteiger partial charge in [-0.3, -0.25) is 0 Å². The van der Waals surface area contributed by atoms with Crippen LogP contribution in [0, 0.1) is 6.92 Å². The molecule has 0 amide bonds. The average Bonchev–Trinajstić information content (AvgIpc) is 3.70. The minimum Gasteiger partial charge on any atom is -0.456 e. The molecule has 0 saturated carbocycles. The standard InChI is InChI=1S/C60H65BN2O/c1-35-27-49-54-50(28-35)63(46-18-16-20-52-53(46)37-17-14-15-19-51(37)64-52)48-32-42-40(57(6,7)25-26-58(42,8)9)30-45(48)61(54)44-31-41-43(60(12,13)34-59(41,10)11)33-47(44)62(49)36-21-22-38-39(29-36)56(4,5)24-23-55(38,2)3/h14-22,27-33H,23-26,34H2,1-13H3. The number of rotatable bonds is 2. The number of aryl methyl sites for hydroxylation is 1. The summed E-state index contributed by atoms with van der Waals surface area (Å²) in [5.41, 5.74) is 24.5. The highest BCUT2D eigenvalue weighted by atomic mass is 16.3. The maximum atomic E-state index is 6.65. The minimum atomic E-state index is 0.0461. The van der Waals surface area contributed by atoms with Gasteiger partial charge in [0.15, 0.2) is 0 Å². The van der Waals surface area contributed by atoms with Crippen LogP contribution in [-0.2, 0) is 32.5 Å². The zero-order chi connectivity index (χ0) is 44.8. The fourth-order valence-corrected chi connectivity index (χ4v) is 13.8. The average molecular weight is 841 g/mol. The molecule has 0 saturated heterocycles. The molecule has 3 nitrogen and oxygen atoms in total. The van der Waals surface area contributed by atoms with Gasteiger partial charge in [-0.1, -0.05) is 126 Å². The van der Waals surface area contributed by atoms with E-state index in [0.29, 0.717) is 0 Å². The molecule has 6 aromatic carbocycles. The first kappa shape index (κ1) is 40.3. The number of fused-ring (bicyclic) bond motifs is 10. The van der Waals surface area contributed by atoms with E-state index in [-0.39, 0.29) is 39.2 Å². The Morgan fingerprint density at radius 1 is 0.438 bits per heavy atom. The van der Waals surface area contributed by atoms with Crippen molar-refractivity contribution in [3.63, 3.8) is 0 Å². The van der Waals surface area contributed by atoms with E-state index in [1.165, 1.54) is 121 Å². The fraction of sp³-hybridized carbons (Fsp3) is 0.400. The van der Waals surface area contributed by atoms with Crippen LogP contribution in [0.25, 0.3) is 21.9 Å². The summed E-state index contributed by atoms with van der Waals surface area (Å²) in [5, 5.41) is 2.33. The van der Waals surface area contributed by atoms with Crippen LogP contribution in [0.1, 0.15) is 154 Å². The van der Waals surface area contributed by atoms with Gasteiger partial charge < -0.3 is 14.2 Å². The number of hydrogen-bond donors (Lipinski definition) is 0. The molecule has 0 spiro atoms. The van der Waals surface area contributed by atoms with Gasteiger partial charge in [0.05, 0.1) is 11.1 Å². The predicted octanol–water partition coefficient (Wildman–Crippen LogP) is 14.6. The highest BCUT2D eigenvalue weighted by molar-refractivity contribution is 7.00. The van der Waals surface area contributed by atoms with E-state index in [9.17, 15) is 0 Å². The molecule has 0 fully saturated rings. The zero-order valence-electron chi connectivity index (χ0n) is 40.7. The molecule has 0 atom stereocenters. The van der Waals surface area contributed by atoms with Gasteiger partial charge in [0.1, 0.15) is 11.2 Å². The molecule has 2 aliphatic heterocycles. The Kier molecular flexibility index (Phi) is 7.91. The summed E-state index contributed by atoms with van der Waals surface area (Å²) >= 11 is 0. The van der Waals surface area contributed by atoms with E-state index in [4.69, 9.17) is 4.42 Å². The van der Waals surface area contributed by atoms with Crippen LogP contribution in [-0.4, -0.2) is 6.71 Å². The maximum Gasteiger partial charge on any atom is 0.252 e. The van der Waals surface area contributed by atoms with Crippen molar-refractivity contribution in [2.45, 2.75) is 155 Å². The van der Waals surface area contributed by atoms with Crippen LogP contribution in [0.4, 0.5) is 34.1 Å². The quantitative estimate of drug-likeness (QED) is 0.162. The van der Waals surface area contributed by atoms with Gasteiger partial charge in [-0.2, -0.15) is 0 Å². The first-order chi connectivity index (χ1) is 30.1. The summed E-state index contributed by atoms with van der Waals surface area (Å²) in [6.45, 7) is 32.0. The molecule has 3 aliphatic carbocycles. The molecule has 3 heterocycles. The Balaban J connectivity index is 1.23. The van der Waals surface area contributed by atoms with E-state index < -0.39 is 0 Å². The van der Waals surface area contributed by atoms with Gasteiger partial charge in [0, 0.05) is 33.8 Å². The summed E-state index contributed by atoms with van der Waals surface area (Å²) < 4.78 is 6.65. The molecule has 0 unspecified atom stereocenters. The van der Waals surface area contributed by atoms with Crippen LogP contribution in [0.2, 0.25) is 0 Å². The predicted molar refractivity (Wildman–Crippen MR) is 274 cm³/mol. The van der Waals surface area contributed by atoms with Crippen LogP contribution < -0.4 is 26.2 Å². The van der Waals surface area contributed by atoms with Gasteiger partial charge in [0.25, 0.3) is 6.71 Å². The Morgan fingerprint density at radius 3 is 1.58 bits per heavy atom. The van der Waals surface area contributed by atoms with Crippen molar-refractivity contribution in [2.75, 3.05) is 9.80 Å².